The van der Waals surface area contributed by atoms with E-state index in [0.717, 1.165) is 6.07 Å². The Kier molecular flexibility index (Phi) is 5.01. The van der Waals surface area contributed by atoms with E-state index in [1.807, 2.05) is 0 Å². The average Bonchev–Trinajstić information content (AvgIpc) is 2.99. The number of halogens is 1. The zero-order valence-electron chi connectivity index (χ0n) is 11.0. The molecule has 7 heteroatoms. The van der Waals surface area contributed by atoms with Crippen molar-refractivity contribution < 1.29 is 18.8 Å². The second kappa shape index (κ2) is 7.17. The molecule has 1 aromatic carbocycles. The van der Waals surface area contributed by atoms with E-state index in [9.17, 15) is 9.18 Å². The smallest absolute Gasteiger partial charge is 0.252 e. The van der Waals surface area contributed by atoms with Gasteiger partial charge in [0.05, 0.1) is 5.56 Å². The number of amides is 1. The van der Waals surface area contributed by atoms with Crippen LogP contribution in [0.5, 0.6) is 0 Å². The molecule has 0 aliphatic carbocycles. The molecule has 1 heterocycles. The molecule has 1 amide bonds. The second-order valence-corrected chi connectivity index (χ2v) is 3.99. The summed E-state index contributed by atoms with van der Waals surface area (Å²) in [6.45, 7) is -0.0694. The van der Waals surface area contributed by atoms with E-state index in [4.69, 9.17) is 9.63 Å². The summed E-state index contributed by atoms with van der Waals surface area (Å²) >= 11 is 0. The molecule has 2 N–H and O–H groups in total. The van der Waals surface area contributed by atoms with E-state index in [-0.39, 0.29) is 18.7 Å². The van der Waals surface area contributed by atoms with Crippen LogP contribution in [0, 0.1) is 17.7 Å². The van der Waals surface area contributed by atoms with Crippen LogP contribution in [0.3, 0.4) is 0 Å². The van der Waals surface area contributed by atoms with Crippen LogP contribution in [0.2, 0.25) is 0 Å². The van der Waals surface area contributed by atoms with Crippen molar-refractivity contribution in [3.05, 3.63) is 47.4 Å². The topological polar surface area (TPSA) is 88.3 Å². The minimum atomic E-state index is -0.536. The maximum absolute atomic E-state index is 13.3. The number of aliphatic hydroxyl groups is 1. The Labute approximate surface area is 120 Å². The van der Waals surface area contributed by atoms with Gasteiger partial charge >= 0.3 is 0 Å². The van der Waals surface area contributed by atoms with E-state index in [0.29, 0.717) is 17.9 Å². The number of aliphatic hydroxyl groups excluding tert-OH is 1. The molecule has 0 saturated carbocycles. The van der Waals surface area contributed by atoms with E-state index in [1.54, 1.807) is 0 Å². The second-order valence-electron chi connectivity index (χ2n) is 3.99. The Morgan fingerprint density at radius 2 is 2.33 bits per heavy atom. The molecule has 0 aliphatic rings. The standard InChI is InChI=1S/C14H12FN3O3/c15-11-4-3-10(2-1-7-19)12(8-11)14(20)16-6-5-13-17-9-18-21-13/h3-4,8-9,19H,5-7H2,(H,16,20). The Morgan fingerprint density at radius 1 is 1.48 bits per heavy atom. The molecule has 0 atom stereocenters. The first-order valence-electron chi connectivity index (χ1n) is 6.13. The van der Waals surface area contributed by atoms with Crippen molar-refractivity contribution in [1.29, 1.82) is 0 Å². The Hall–Kier alpha value is -2.72. The van der Waals surface area contributed by atoms with E-state index in [2.05, 4.69) is 27.3 Å². The van der Waals surface area contributed by atoms with Crippen LogP contribution in [-0.2, 0) is 6.42 Å². The Bertz CT molecular complexity index is 675. The lowest BCUT2D eigenvalue weighted by Crippen LogP contribution is -2.26. The van der Waals surface area contributed by atoms with Crippen molar-refractivity contribution in [1.82, 2.24) is 15.5 Å². The van der Waals surface area contributed by atoms with Crippen molar-refractivity contribution in [3.8, 4) is 11.8 Å². The largest absolute Gasteiger partial charge is 0.384 e. The maximum atomic E-state index is 13.3. The first kappa shape index (κ1) is 14.7. The zero-order valence-corrected chi connectivity index (χ0v) is 11.0. The van der Waals surface area contributed by atoms with Gasteiger partial charge in [-0.3, -0.25) is 4.79 Å². The lowest BCUT2D eigenvalue weighted by Gasteiger charge is -2.06. The van der Waals surface area contributed by atoms with Gasteiger partial charge in [-0.25, -0.2) is 4.39 Å². The van der Waals surface area contributed by atoms with Crippen LogP contribution in [0.25, 0.3) is 0 Å². The molecule has 0 radical (unpaired) electrons. The van der Waals surface area contributed by atoms with Crippen molar-refractivity contribution >= 4 is 5.91 Å². The molecule has 0 unspecified atom stereocenters. The summed E-state index contributed by atoms with van der Waals surface area (Å²) in [5, 5.41) is 14.8. The molecule has 0 aliphatic heterocycles. The van der Waals surface area contributed by atoms with Gasteiger partial charge in [-0.15, -0.1) is 0 Å². The number of hydrogen-bond acceptors (Lipinski definition) is 5. The number of nitrogens with one attached hydrogen (secondary N) is 1. The van der Waals surface area contributed by atoms with Crippen LogP contribution in [0.4, 0.5) is 4.39 Å². The van der Waals surface area contributed by atoms with Gasteiger partial charge < -0.3 is 14.9 Å². The number of benzene rings is 1. The van der Waals surface area contributed by atoms with E-state index < -0.39 is 11.7 Å². The summed E-state index contributed by atoms with van der Waals surface area (Å²) in [7, 11) is 0. The summed E-state index contributed by atoms with van der Waals surface area (Å²) in [5.41, 5.74) is 0.460. The van der Waals surface area contributed by atoms with Crippen molar-refractivity contribution in [3.63, 3.8) is 0 Å². The number of nitrogens with zero attached hydrogens (tertiary/aromatic N) is 2. The third-order valence-corrected chi connectivity index (χ3v) is 2.56. The highest BCUT2D eigenvalue weighted by Gasteiger charge is 2.11. The molecule has 6 nitrogen and oxygen atoms in total. The number of carbonyl (C=O) groups is 1. The van der Waals surface area contributed by atoms with Crippen LogP contribution in [0.1, 0.15) is 21.8 Å². The molecular formula is C14H12FN3O3. The van der Waals surface area contributed by atoms with Crippen LogP contribution >= 0.6 is 0 Å². The molecule has 108 valence electrons. The number of hydrogen-bond donors (Lipinski definition) is 2. The minimum absolute atomic E-state index is 0.112. The third-order valence-electron chi connectivity index (χ3n) is 2.56. The number of rotatable bonds is 4. The fourth-order valence-corrected chi connectivity index (χ4v) is 1.63. The van der Waals surface area contributed by atoms with Crippen molar-refractivity contribution in [2.45, 2.75) is 6.42 Å². The molecule has 0 saturated heterocycles. The van der Waals surface area contributed by atoms with Gasteiger partial charge in [-0.1, -0.05) is 17.0 Å². The lowest BCUT2D eigenvalue weighted by molar-refractivity contribution is 0.0952. The van der Waals surface area contributed by atoms with Crippen molar-refractivity contribution in [2.24, 2.45) is 0 Å². The Balaban J connectivity index is 2.05. The molecule has 2 aromatic rings. The van der Waals surface area contributed by atoms with Gasteiger partial charge in [0.2, 0.25) is 5.89 Å². The fraction of sp³-hybridized carbons (Fsp3) is 0.214. The third kappa shape index (κ3) is 4.12. The predicted molar refractivity (Wildman–Crippen MR) is 70.7 cm³/mol. The molecule has 2 rings (SSSR count). The highest BCUT2D eigenvalue weighted by atomic mass is 19.1. The molecule has 1 aromatic heterocycles. The van der Waals surface area contributed by atoms with E-state index in [1.165, 1.54) is 18.5 Å². The molecular weight excluding hydrogens is 277 g/mol. The van der Waals surface area contributed by atoms with Gasteiger partial charge in [-0.05, 0) is 18.2 Å². The van der Waals surface area contributed by atoms with Gasteiger partial charge in [-0.2, -0.15) is 4.98 Å². The highest BCUT2D eigenvalue weighted by Crippen LogP contribution is 2.10. The highest BCUT2D eigenvalue weighted by molar-refractivity contribution is 5.96. The van der Waals surface area contributed by atoms with E-state index >= 15 is 0 Å². The SMILES string of the molecule is O=C(NCCc1ncno1)c1cc(F)ccc1C#CCO. The summed E-state index contributed by atoms with van der Waals surface area (Å²) in [6, 6.07) is 3.70. The first-order valence-corrected chi connectivity index (χ1v) is 6.13. The fourth-order valence-electron chi connectivity index (χ4n) is 1.63. The predicted octanol–water partition coefficient (Wildman–Crippen LogP) is 0.525. The first-order chi connectivity index (χ1) is 10.2. The summed E-state index contributed by atoms with van der Waals surface area (Å²) in [5.74, 6) is 4.43. The molecule has 21 heavy (non-hydrogen) atoms. The number of aromatic nitrogens is 2. The van der Waals surface area contributed by atoms with Gasteiger partial charge in [0.1, 0.15) is 12.4 Å². The van der Waals surface area contributed by atoms with Crippen LogP contribution < -0.4 is 5.32 Å². The summed E-state index contributed by atoms with van der Waals surface area (Å²) in [6.07, 6.45) is 1.64. The zero-order chi connectivity index (χ0) is 15.1. The lowest BCUT2D eigenvalue weighted by atomic mass is 10.1. The monoisotopic (exact) mass is 289 g/mol. The maximum Gasteiger partial charge on any atom is 0.252 e. The summed E-state index contributed by atoms with van der Waals surface area (Å²) in [4.78, 5) is 15.9. The summed E-state index contributed by atoms with van der Waals surface area (Å²) < 4.78 is 18.1. The molecule has 0 spiro atoms. The number of carbonyl (C=O) groups excluding carboxylic acids is 1. The quantitative estimate of drug-likeness (QED) is 0.801. The Morgan fingerprint density at radius 3 is 3.05 bits per heavy atom. The van der Waals surface area contributed by atoms with Gasteiger partial charge in [0.15, 0.2) is 6.33 Å². The molecule has 0 bridgehead atoms. The van der Waals surface area contributed by atoms with Gasteiger partial charge in [0, 0.05) is 18.5 Å². The van der Waals surface area contributed by atoms with Crippen molar-refractivity contribution in [2.75, 3.05) is 13.2 Å². The minimum Gasteiger partial charge on any atom is -0.384 e. The van der Waals surface area contributed by atoms with Gasteiger partial charge in [0.25, 0.3) is 5.91 Å². The van der Waals surface area contributed by atoms with Crippen LogP contribution in [-0.4, -0.2) is 34.3 Å². The average molecular weight is 289 g/mol. The van der Waals surface area contributed by atoms with Crippen LogP contribution in [0.15, 0.2) is 29.0 Å². The normalized spacial score (nSPS) is 9.81. The molecule has 0 fully saturated rings.